The molecule has 60 valence electrons. The van der Waals surface area contributed by atoms with E-state index in [0.29, 0.717) is 26.7 Å². The van der Waals surface area contributed by atoms with Crippen molar-refractivity contribution in [3.05, 3.63) is 21.5 Å². The first-order valence-electron chi connectivity index (χ1n) is 3.81. The summed E-state index contributed by atoms with van der Waals surface area (Å²) < 4.78 is 1.32. The summed E-state index contributed by atoms with van der Waals surface area (Å²) in [6, 6.07) is 4.13. The van der Waals surface area contributed by atoms with E-state index in [9.17, 15) is 4.79 Å². The first kappa shape index (κ1) is 8.76. The Morgan fingerprint density at radius 3 is 2.91 bits per heavy atom. The fourth-order valence-corrected chi connectivity index (χ4v) is 2.70. The van der Waals surface area contributed by atoms with Crippen molar-refractivity contribution in [3.8, 4) is 0 Å². The Labute approximate surface area is 73.2 Å². The van der Waals surface area contributed by atoms with E-state index in [1.807, 2.05) is 13.8 Å². The molecule has 1 aromatic rings. The molecular formula is C9H12OSe. The van der Waals surface area contributed by atoms with Crippen molar-refractivity contribution in [2.75, 3.05) is 0 Å². The van der Waals surface area contributed by atoms with Crippen molar-refractivity contribution in [1.82, 2.24) is 0 Å². The minimum atomic E-state index is 0.162. The molecule has 0 saturated heterocycles. The van der Waals surface area contributed by atoms with Gasteiger partial charge < -0.3 is 0 Å². The molecule has 0 aliphatic heterocycles. The maximum atomic E-state index is 11.2. The van der Waals surface area contributed by atoms with Gasteiger partial charge in [-0.3, -0.25) is 0 Å². The summed E-state index contributed by atoms with van der Waals surface area (Å²) in [7, 11) is 0. The predicted molar refractivity (Wildman–Crippen MR) is 47.1 cm³/mol. The van der Waals surface area contributed by atoms with E-state index in [4.69, 9.17) is 0 Å². The number of carbonyl (C=O) groups is 1. The van der Waals surface area contributed by atoms with Gasteiger partial charge in [0.1, 0.15) is 0 Å². The van der Waals surface area contributed by atoms with Crippen LogP contribution in [0.5, 0.6) is 0 Å². The third-order valence-corrected chi connectivity index (χ3v) is 4.01. The number of hydrogen-bond acceptors (Lipinski definition) is 1. The average molecular weight is 215 g/mol. The standard InChI is InChI=1S/C9H12OSe/c1-3-8(10)7(2)9-5-4-6-11-9/h4-7H,3H2,1-2H3. The molecule has 1 unspecified atom stereocenters. The van der Waals surface area contributed by atoms with Gasteiger partial charge >= 0.3 is 72.8 Å². The number of ketones is 1. The van der Waals surface area contributed by atoms with E-state index in [1.54, 1.807) is 0 Å². The van der Waals surface area contributed by atoms with E-state index in [-0.39, 0.29) is 5.92 Å². The quantitative estimate of drug-likeness (QED) is 0.703. The van der Waals surface area contributed by atoms with Crippen molar-refractivity contribution < 1.29 is 4.79 Å². The van der Waals surface area contributed by atoms with E-state index in [0.717, 1.165) is 0 Å². The molecular weight excluding hydrogens is 203 g/mol. The van der Waals surface area contributed by atoms with Crippen molar-refractivity contribution in [1.29, 1.82) is 0 Å². The third kappa shape index (κ3) is 2.05. The second-order valence-corrected chi connectivity index (χ2v) is 4.61. The fourth-order valence-electron chi connectivity index (χ4n) is 1.00. The van der Waals surface area contributed by atoms with Crippen LogP contribution in [0.25, 0.3) is 0 Å². The van der Waals surface area contributed by atoms with Crippen molar-refractivity contribution in [3.63, 3.8) is 0 Å². The summed E-state index contributed by atoms with van der Waals surface area (Å²) in [6.45, 7) is 3.93. The van der Waals surface area contributed by atoms with Gasteiger partial charge in [-0.25, -0.2) is 0 Å². The van der Waals surface area contributed by atoms with Gasteiger partial charge in [-0.2, -0.15) is 0 Å². The van der Waals surface area contributed by atoms with E-state index >= 15 is 0 Å². The fraction of sp³-hybridized carbons (Fsp3) is 0.444. The molecule has 1 atom stereocenters. The zero-order chi connectivity index (χ0) is 8.27. The van der Waals surface area contributed by atoms with Gasteiger partial charge in [-0.1, -0.05) is 0 Å². The van der Waals surface area contributed by atoms with Crippen LogP contribution in [0.2, 0.25) is 0 Å². The van der Waals surface area contributed by atoms with Crippen molar-refractivity contribution in [2.24, 2.45) is 0 Å². The van der Waals surface area contributed by atoms with Gasteiger partial charge in [0.05, 0.1) is 0 Å². The molecule has 0 saturated carbocycles. The Kier molecular flexibility index (Phi) is 3.10. The number of hydrogen-bond donors (Lipinski definition) is 0. The van der Waals surface area contributed by atoms with Crippen LogP contribution in [0, 0.1) is 0 Å². The van der Waals surface area contributed by atoms with Crippen LogP contribution >= 0.6 is 0 Å². The summed E-state index contributed by atoms with van der Waals surface area (Å²) in [6.07, 6.45) is 0.661. The van der Waals surface area contributed by atoms with Gasteiger partial charge in [0.25, 0.3) is 0 Å². The summed E-state index contributed by atoms with van der Waals surface area (Å²) in [5.41, 5.74) is 0. The molecule has 2 heteroatoms. The summed E-state index contributed by atoms with van der Waals surface area (Å²) in [5.74, 6) is 0.525. The summed E-state index contributed by atoms with van der Waals surface area (Å²) >= 11 is 0.449. The molecule has 0 fully saturated rings. The molecule has 1 nitrogen and oxygen atoms in total. The minimum absolute atomic E-state index is 0.162. The van der Waals surface area contributed by atoms with Gasteiger partial charge in [0.2, 0.25) is 0 Å². The van der Waals surface area contributed by atoms with Crippen LogP contribution in [-0.2, 0) is 4.79 Å². The second kappa shape index (κ2) is 3.89. The topological polar surface area (TPSA) is 17.1 Å². The van der Waals surface area contributed by atoms with Gasteiger partial charge in [-0.05, 0) is 0 Å². The first-order valence-corrected chi connectivity index (χ1v) is 5.66. The van der Waals surface area contributed by atoms with E-state index < -0.39 is 0 Å². The third-order valence-electron chi connectivity index (χ3n) is 1.80. The van der Waals surface area contributed by atoms with Crippen molar-refractivity contribution in [2.45, 2.75) is 26.2 Å². The molecule has 11 heavy (non-hydrogen) atoms. The van der Waals surface area contributed by atoms with E-state index in [2.05, 4.69) is 17.1 Å². The summed E-state index contributed by atoms with van der Waals surface area (Å²) in [4.78, 5) is 13.4. The molecule has 0 aromatic carbocycles. The number of carbonyl (C=O) groups excluding carboxylic acids is 1. The van der Waals surface area contributed by atoms with Gasteiger partial charge in [0, 0.05) is 0 Å². The van der Waals surface area contributed by atoms with Crippen LogP contribution < -0.4 is 0 Å². The molecule has 1 rings (SSSR count). The van der Waals surface area contributed by atoms with Crippen LogP contribution in [0.1, 0.15) is 30.6 Å². The molecule has 1 aromatic heterocycles. The van der Waals surface area contributed by atoms with Crippen LogP contribution in [0.4, 0.5) is 0 Å². The maximum absolute atomic E-state index is 11.2. The molecule has 0 radical (unpaired) electrons. The van der Waals surface area contributed by atoms with Crippen LogP contribution in [0.15, 0.2) is 17.1 Å². The average Bonchev–Trinajstić information content (AvgIpc) is 2.53. The first-order chi connectivity index (χ1) is 5.25. The Morgan fingerprint density at radius 1 is 1.73 bits per heavy atom. The molecule has 0 aliphatic carbocycles. The Bertz CT molecular complexity index is 226. The SMILES string of the molecule is CCC(=O)C(C)c1ccc[se]1. The number of Topliss-reactive ketones (excluding diaryl/α,β-unsaturated/α-hetero) is 1. The zero-order valence-corrected chi connectivity index (χ0v) is 8.55. The molecule has 1 heterocycles. The monoisotopic (exact) mass is 216 g/mol. The molecule has 0 spiro atoms. The van der Waals surface area contributed by atoms with Gasteiger partial charge in [-0.15, -0.1) is 0 Å². The summed E-state index contributed by atoms with van der Waals surface area (Å²) in [5, 5.41) is 0. The molecule has 0 aliphatic rings. The number of rotatable bonds is 3. The normalized spacial score (nSPS) is 12.9. The van der Waals surface area contributed by atoms with Crippen molar-refractivity contribution >= 4 is 20.3 Å². The molecule has 0 N–H and O–H groups in total. The van der Waals surface area contributed by atoms with Gasteiger partial charge in [0.15, 0.2) is 0 Å². The Morgan fingerprint density at radius 2 is 2.45 bits per heavy atom. The van der Waals surface area contributed by atoms with Crippen LogP contribution in [0.3, 0.4) is 0 Å². The predicted octanol–water partition coefficient (Wildman–Crippen LogP) is 1.83. The Hall–Kier alpha value is -0.331. The Balaban J connectivity index is 2.70. The molecule has 0 bridgehead atoms. The second-order valence-electron chi connectivity index (χ2n) is 2.56. The van der Waals surface area contributed by atoms with Crippen LogP contribution in [-0.4, -0.2) is 20.3 Å². The molecule has 0 amide bonds. The zero-order valence-electron chi connectivity index (χ0n) is 6.83. The van der Waals surface area contributed by atoms with E-state index in [1.165, 1.54) is 4.44 Å².